The Labute approximate surface area is 149 Å². The van der Waals surface area contributed by atoms with Gasteiger partial charge in [0.1, 0.15) is 6.04 Å². The van der Waals surface area contributed by atoms with Crippen LogP contribution in [-0.2, 0) is 4.79 Å². The number of rotatable bonds is 7. The van der Waals surface area contributed by atoms with Crippen LogP contribution in [0, 0.1) is 0 Å². The quantitative estimate of drug-likeness (QED) is 0.789. The van der Waals surface area contributed by atoms with E-state index < -0.39 is 6.04 Å². The molecule has 0 fully saturated rings. The van der Waals surface area contributed by atoms with Crippen molar-refractivity contribution < 1.29 is 14.3 Å². The van der Waals surface area contributed by atoms with E-state index in [9.17, 15) is 4.79 Å². The highest BCUT2D eigenvalue weighted by Crippen LogP contribution is 2.30. The fourth-order valence-corrected chi connectivity index (χ4v) is 2.60. The molecule has 1 amide bonds. The first kappa shape index (κ1) is 18.6. The van der Waals surface area contributed by atoms with Crippen molar-refractivity contribution in [2.45, 2.75) is 32.7 Å². The first-order valence-electron chi connectivity index (χ1n) is 8.34. The molecule has 0 radical (unpaired) electrons. The van der Waals surface area contributed by atoms with Crippen LogP contribution in [0.25, 0.3) is 0 Å². The summed E-state index contributed by atoms with van der Waals surface area (Å²) in [6.07, 6.45) is 0. The van der Waals surface area contributed by atoms with Crippen LogP contribution in [0.2, 0.25) is 0 Å². The number of hydrogen-bond donors (Lipinski definition) is 2. The lowest BCUT2D eigenvalue weighted by Gasteiger charge is -2.19. The van der Waals surface area contributed by atoms with Gasteiger partial charge < -0.3 is 20.1 Å². The van der Waals surface area contributed by atoms with Crippen LogP contribution in [0.3, 0.4) is 0 Å². The molecule has 0 aliphatic carbocycles. The smallest absolute Gasteiger partial charge is 0.246 e. The Morgan fingerprint density at radius 3 is 2.28 bits per heavy atom. The molecular weight excluding hydrogens is 316 g/mol. The van der Waals surface area contributed by atoms with E-state index in [0.717, 1.165) is 16.9 Å². The highest BCUT2D eigenvalue weighted by atomic mass is 16.5. The molecule has 0 aliphatic rings. The molecule has 0 spiro atoms. The fraction of sp³-hybridized carbons (Fsp3) is 0.350. The topological polar surface area (TPSA) is 59.6 Å². The summed E-state index contributed by atoms with van der Waals surface area (Å²) in [7, 11) is 3.17. The molecule has 0 bridgehead atoms. The zero-order valence-electron chi connectivity index (χ0n) is 15.4. The summed E-state index contributed by atoms with van der Waals surface area (Å²) in [5.41, 5.74) is 2.76. The van der Waals surface area contributed by atoms with Crippen molar-refractivity contribution >= 4 is 17.3 Å². The number of carbonyl (C=O) groups is 1. The van der Waals surface area contributed by atoms with Crippen molar-refractivity contribution in [3.05, 3.63) is 48.0 Å². The number of para-hydroxylation sites is 1. The number of carbonyl (C=O) groups excluding carboxylic acids is 1. The van der Waals surface area contributed by atoms with Gasteiger partial charge in [-0.1, -0.05) is 32.0 Å². The number of methoxy groups -OCH3 is 2. The first-order valence-corrected chi connectivity index (χ1v) is 8.34. The van der Waals surface area contributed by atoms with Crippen LogP contribution in [0.4, 0.5) is 11.4 Å². The van der Waals surface area contributed by atoms with Gasteiger partial charge in [-0.25, -0.2) is 0 Å². The molecule has 5 heteroatoms. The van der Waals surface area contributed by atoms with E-state index in [1.807, 2.05) is 43.3 Å². The summed E-state index contributed by atoms with van der Waals surface area (Å²) in [5.74, 6) is 1.51. The van der Waals surface area contributed by atoms with E-state index in [0.29, 0.717) is 17.4 Å². The summed E-state index contributed by atoms with van der Waals surface area (Å²) in [6.45, 7) is 6.04. The Morgan fingerprint density at radius 1 is 0.960 bits per heavy atom. The molecule has 2 N–H and O–H groups in total. The minimum Gasteiger partial charge on any atom is -0.493 e. The Bertz CT molecular complexity index is 729. The maximum Gasteiger partial charge on any atom is 0.246 e. The summed E-state index contributed by atoms with van der Waals surface area (Å²) >= 11 is 0. The third kappa shape index (κ3) is 4.66. The maximum atomic E-state index is 12.5. The van der Waals surface area contributed by atoms with E-state index >= 15 is 0 Å². The number of nitrogens with one attached hydrogen (secondary N) is 2. The summed E-state index contributed by atoms with van der Waals surface area (Å²) in [5, 5.41) is 6.19. The lowest BCUT2D eigenvalue weighted by atomic mass is 10.0. The van der Waals surface area contributed by atoms with E-state index in [2.05, 4.69) is 24.5 Å². The third-order valence-corrected chi connectivity index (χ3v) is 4.00. The minimum atomic E-state index is -0.404. The van der Waals surface area contributed by atoms with Crippen molar-refractivity contribution in [1.82, 2.24) is 0 Å². The fourth-order valence-electron chi connectivity index (χ4n) is 2.60. The van der Waals surface area contributed by atoms with Gasteiger partial charge >= 0.3 is 0 Å². The molecule has 0 heterocycles. The van der Waals surface area contributed by atoms with Crippen molar-refractivity contribution in [3.63, 3.8) is 0 Å². The Kier molecular flexibility index (Phi) is 6.28. The molecule has 5 nitrogen and oxygen atoms in total. The van der Waals surface area contributed by atoms with E-state index in [1.165, 1.54) is 0 Å². The van der Waals surface area contributed by atoms with E-state index in [4.69, 9.17) is 9.47 Å². The Morgan fingerprint density at radius 2 is 1.64 bits per heavy atom. The standard InChI is InChI=1S/C20H26N2O3/c1-13(2)16-8-6-7-9-17(16)22-20(23)14(3)21-15-10-11-18(24-4)19(12-15)25-5/h6-14,21H,1-5H3,(H,22,23)/t14-/m0/s1. The summed E-state index contributed by atoms with van der Waals surface area (Å²) in [6, 6.07) is 12.9. The van der Waals surface area contributed by atoms with Gasteiger partial charge in [-0.3, -0.25) is 4.79 Å². The number of anilines is 2. The summed E-state index contributed by atoms with van der Waals surface area (Å²) < 4.78 is 10.5. The third-order valence-electron chi connectivity index (χ3n) is 4.00. The van der Waals surface area contributed by atoms with E-state index in [-0.39, 0.29) is 5.91 Å². The minimum absolute atomic E-state index is 0.0946. The highest BCUT2D eigenvalue weighted by molar-refractivity contribution is 5.97. The SMILES string of the molecule is COc1ccc(N[C@@H](C)C(=O)Nc2ccccc2C(C)C)cc1OC. The average molecular weight is 342 g/mol. The molecule has 25 heavy (non-hydrogen) atoms. The van der Waals surface area contributed by atoms with Crippen LogP contribution < -0.4 is 20.1 Å². The lowest BCUT2D eigenvalue weighted by Crippen LogP contribution is -2.32. The predicted octanol–water partition coefficient (Wildman–Crippen LogP) is 4.27. The van der Waals surface area contributed by atoms with Crippen molar-refractivity contribution in [2.24, 2.45) is 0 Å². The molecule has 2 aromatic carbocycles. The van der Waals surface area contributed by atoms with Gasteiger partial charge in [0.25, 0.3) is 0 Å². The zero-order valence-corrected chi connectivity index (χ0v) is 15.4. The Balaban J connectivity index is 2.08. The lowest BCUT2D eigenvalue weighted by molar-refractivity contribution is -0.116. The molecule has 134 valence electrons. The number of amides is 1. The molecule has 0 aliphatic heterocycles. The second kappa shape index (κ2) is 8.42. The van der Waals surface area contributed by atoms with Crippen molar-refractivity contribution in [2.75, 3.05) is 24.9 Å². The van der Waals surface area contributed by atoms with Gasteiger partial charge in [0.05, 0.1) is 14.2 Å². The van der Waals surface area contributed by atoms with Crippen molar-refractivity contribution in [3.8, 4) is 11.5 Å². The second-order valence-corrected chi connectivity index (χ2v) is 6.17. The van der Waals surface area contributed by atoms with Crippen LogP contribution in [0.15, 0.2) is 42.5 Å². The second-order valence-electron chi connectivity index (χ2n) is 6.17. The van der Waals surface area contributed by atoms with Gasteiger partial charge in [0, 0.05) is 17.4 Å². The van der Waals surface area contributed by atoms with Crippen molar-refractivity contribution in [1.29, 1.82) is 0 Å². The largest absolute Gasteiger partial charge is 0.493 e. The normalized spacial score (nSPS) is 11.8. The molecule has 0 saturated heterocycles. The molecule has 0 saturated carbocycles. The molecule has 0 aromatic heterocycles. The zero-order chi connectivity index (χ0) is 18.4. The predicted molar refractivity (Wildman–Crippen MR) is 102 cm³/mol. The molecular formula is C20H26N2O3. The molecule has 2 aromatic rings. The monoisotopic (exact) mass is 342 g/mol. The first-order chi connectivity index (χ1) is 12.0. The molecule has 0 unspecified atom stereocenters. The number of ether oxygens (including phenoxy) is 2. The van der Waals surface area contributed by atoms with Crippen LogP contribution in [0.5, 0.6) is 11.5 Å². The van der Waals surface area contributed by atoms with Crippen LogP contribution in [-0.4, -0.2) is 26.2 Å². The molecule has 2 rings (SSSR count). The molecule has 1 atom stereocenters. The van der Waals surface area contributed by atoms with Gasteiger partial charge in [-0.05, 0) is 36.6 Å². The Hall–Kier alpha value is -2.69. The van der Waals surface area contributed by atoms with Crippen LogP contribution >= 0.6 is 0 Å². The van der Waals surface area contributed by atoms with Gasteiger partial charge in [0.15, 0.2) is 11.5 Å². The van der Waals surface area contributed by atoms with Gasteiger partial charge in [-0.2, -0.15) is 0 Å². The maximum absolute atomic E-state index is 12.5. The van der Waals surface area contributed by atoms with Gasteiger partial charge in [-0.15, -0.1) is 0 Å². The van der Waals surface area contributed by atoms with Gasteiger partial charge in [0.2, 0.25) is 5.91 Å². The van der Waals surface area contributed by atoms with Crippen LogP contribution in [0.1, 0.15) is 32.3 Å². The average Bonchev–Trinajstić information content (AvgIpc) is 2.61. The number of benzene rings is 2. The highest BCUT2D eigenvalue weighted by Gasteiger charge is 2.16. The summed E-state index contributed by atoms with van der Waals surface area (Å²) in [4.78, 5) is 12.5. The number of hydrogen-bond acceptors (Lipinski definition) is 4. The van der Waals surface area contributed by atoms with E-state index in [1.54, 1.807) is 20.3 Å².